The number of aliphatic imine (C=N–C) groups is 1. The molecule has 0 bridgehead atoms. The van der Waals surface area contributed by atoms with Crippen LogP contribution in [0.25, 0.3) is 5.65 Å². The molecule has 3 N–H and O–H groups in total. The zero-order valence-electron chi connectivity index (χ0n) is 10.0. The second-order valence-electron chi connectivity index (χ2n) is 4.37. The van der Waals surface area contributed by atoms with Crippen LogP contribution in [-0.2, 0) is 4.79 Å². The van der Waals surface area contributed by atoms with Gasteiger partial charge >= 0.3 is 0 Å². The van der Waals surface area contributed by atoms with E-state index in [2.05, 4.69) is 9.98 Å². The number of imidazole rings is 1. The Bertz CT molecular complexity index is 715. The van der Waals surface area contributed by atoms with Crippen LogP contribution in [0.5, 0.6) is 5.75 Å². The molecule has 1 aliphatic rings. The fourth-order valence-electron chi connectivity index (χ4n) is 2.05. The number of dihydropyridines is 1. The van der Waals surface area contributed by atoms with E-state index in [0.717, 1.165) is 11.3 Å². The van der Waals surface area contributed by atoms with Crippen LogP contribution in [0.4, 0.5) is 0 Å². The smallest absolute Gasteiger partial charge is 0.266 e. The molecule has 2 aromatic rings. The lowest BCUT2D eigenvalue weighted by Crippen LogP contribution is -2.24. The van der Waals surface area contributed by atoms with E-state index in [4.69, 9.17) is 5.73 Å². The molecule has 2 aromatic heterocycles. The van der Waals surface area contributed by atoms with Crippen molar-refractivity contribution in [3.05, 3.63) is 42.4 Å². The number of fused-ring (bicyclic) bond motifs is 1. The molecule has 3 heterocycles. The number of nitrogens with two attached hydrogens (primary N) is 1. The maximum atomic E-state index is 11.0. The molecule has 6 heteroatoms. The lowest BCUT2D eigenvalue weighted by Gasteiger charge is -2.11. The molecule has 19 heavy (non-hydrogen) atoms. The number of carbonyl (C=O) groups is 1. The predicted octanol–water partition coefficient (Wildman–Crippen LogP) is 0.620. The first-order valence-corrected chi connectivity index (χ1v) is 5.83. The number of nitrogens with zero attached hydrogens (tertiary/aromatic N) is 3. The third kappa shape index (κ3) is 2.08. The van der Waals surface area contributed by atoms with Gasteiger partial charge in [0.1, 0.15) is 17.1 Å². The van der Waals surface area contributed by atoms with Gasteiger partial charge in [-0.1, -0.05) is 6.08 Å². The Labute approximate surface area is 108 Å². The quantitative estimate of drug-likeness (QED) is 0.824. The van der Waals surface area contributed by atoms with Crippen LogP contribution >= 0.6 is 0 Å². The zero-order chi connectivity index (χ0) is 13.4. The topological polar surface area (TPSA) is 93.0 Å². The van der Waals surface area contributed by atoms with Gasteiger partial charge in [-0.2, -0.15) is 0 Å². The highest BCUT2D eigenvalue weighted by molar-refractivity contribution is 6.43. The Kier molecular flexibility index (Phi) is 2.56. The summed E-state index contributed by atoms with van der Waals surface area (Å²) < 4.78 is 1.76. The average Bonchev–Trinajstić information content (AvgIpc) is 2.81. The minimum atomic E-state index is -0.519. The Morgan fingerprint density at radius 3 is 2.95 bits per heavy atom. The van der Waals surface area contributed by atoms with Crippen molar-refractivity contribution in [1.29, 1.82) is 0 Å². The number of carbonyl (C=O) groups excluding carboxylic acids is 1. The van der Waals surface area contributed by atoms with E-state index < -0.39 is 5.91 Å². The number of hydrogen-bond donors (Lipinski definition) is 2. The third-order valence-corrected chi connectivity index (χ3v) is 3.03. The minimum Gasteiger partial charge on any atom is -0.506 e. The molecule has 0 fully saturated rings. The fraction of sp³-hybridized carbons (Fsp3) is 0.154. The maximum absolute atomic E-state index is 11.0. The van der Waals surface area contributed by atoms with Crippen molar-refractivity contribution in [1.82, 2.24) is 9.38 Å². The Hall–Kier alpha value is -2.63. The summed E-state index contributed by atoms with van der Waals surface area (Å²) >= 11 is 0. The highest BCUT2D eigenvalue weighted by Gasteiger charge is 2.17. The van der Waals surface area contributed by atoms with Crippen molar-refractivity contribution in [2.24, 2.45) is 10.7 Å². The molecule has 96 valence electrons. The first-order valence-electron chi connectivity index (χ1n) is 5.83. The summed E-state index contributed by atoms with van der Waals surface area (Å²) in [5.74, 6) is -0.315. The number of aromatic nitrogens is 2. The maximum Gasteiger partial charge on any atom is 0.266 e. The van der Waals surface area contributed by atoms with Gasteiger partial charge in [0.15, 0.2) is 0 Å². The van der Waals surface area contributed by atoms with E-state index in [1.165, 1.54) is 0 Å². The van der Waals surface area contributed by atoms with Crippen molar-refractivity contribution in [2.45, 2.75) is 5.92 Å². The fourth-order valence-corrected chi connectivity index (χ4v) is 2.05. The van der Waals surface area contributed by atoms with E-state index in [0.29, 0.717) is 6.54 Å². The van der Waals surface area contributed by atoms with Crippen molar-refractivity contribution < 1.29 is 9.90 Å². The average molecular weight is 256 g/mol. The summed E-state index contributed by atoms with van der Waals surface area (Å²) in [6, 6.07) is 3.33. The van der Waals surface area contributed by atoms with Gasteiger partial charge in [-0.3, -0.25) is 9.79 Å². The third-order valence-electron chi connectivity index (χ3n) is 3.03. The molecule has 0 spiro atoms. The molecular formula is C13H12N4O2. The Balaban J connectivity index is 1.90. The van der Waals surface area contributed by atoms with E-state index >= 15 is 0 Å². The molecule has 1 amide bonds. The number of primary amides is 1. The summed E-state index contributed by atoms with van der Waals surface area (Å²) in [5, 5.41) is 9.41. The van der Waals surface area contributed by atoms with E-state index in [1.807, 2.05) is 12.3 Å². The van der Waals surface area contributed by atoms with Crippen LogP contribution < -0.4 is 5.73 Å². The second-order valence-corrected chi connectivity index (χ2v) is 4.37. The van der Waals surface area contributed by atoms with Crippen molar-refractivity contribution >= 4 is 17.3 Å². The molecular weight excluding hydrogens is 244 g/mol. The monoisotopic (exact) mass is 256 g/mol. The van der Waals surface area contributed by atoms with Gasteiger partial charge in [-0.25, -0.2) is 4.98 Å². The van der Waals surface area contributed by atoms with Gasteiger partial charge in [0, 0.05) is 12.1 Å². The lowest BCUT2D eigenvalue weighted by molar-refractivity contribution is -0.111. The highest BCUT2D eigenvalue weighted by Crippen LogP contribution is 2.21. The molecule has 0 saturated heterocycles. The molecule has 1 atom stereocenters. The number of amides is 1. The molecule has 6 nitrogen and oxygen atoms in total. The van der Waals surface area contributed by atoms with Crippen molar-refractivity contribution in [3.63, 3.8) is 0 Å². The van der Waals surface area contributed by atoms with Crippen molar-refractivity contribution in [2.75, 3.05) is 6.54 Å². The Morgan fingerprint density at radius 2 is 2.26 bits per heavy atom. The number of pyridine rings is 1. The minimum absolute atomic E-state index is 0.0187. The standard InChI is InChI=1S/C13H12N4O2/c14-13(19)10-3-1-8(5-15-10)11-7-17-6-9(18)2-4-12(17)16-11/h1-4,6-8,18H,5H2,(H2,14,19). The van der Waals surface area contributed by atoms with Crippen LogP contribution in [0.1, 0.15) is 11.6 Å². The predicted molar refractivity (Wildman–Crippen MR) is 70.2 cm³/mol. The van der Waals surface area contributed by atoms with Gasteiger partial charge in [0.2, 0.25) is 0 Å². The van der Waals surface area contributed by atoms with Gasteiger partial charge in [0.05, 0.1) is 18.4 Å². The highest BCUT2D eigenvalue weighted by atomic mass is 16.3. The van der Waals surface area contributed by atoms with E-state index in [1.54, 1.807) is 28.8 Å². The van der Waals surface area contributed by atoms with E-state index in [9.17, 15) is 9.90 Å². The van der Waals surface area contributed by atoms with Gasteiger partial charge in [-0.15, -0.1) is 0 Å². The molecule has 0 aliphatic carbocycles. The van der Waals surface area contributed by atoms with Gasteiger partial charge in [0.25, 0.3) is 5.91 Å². The van der Waals surface area contributed by atoms with E-state index in [-0.39, 0.29) is 17.4 Å². The second kappa shape index (κ2) is 4.24. The number of hydrogen-bond acceptors (Lipinski definition) is 4. The van der Waals surface area contributed by atoms with Crippen molar-refractivity contribution in [3.8, 4) is 5.75 Å². The van der Waals surface area contributed by atoms with Crippen LogP contribution in [-0.4, -0.2) is 32.7 Å². The first-order chi connectivity index (χ1) is 9.13. The van der Waals surface area contributed by atoms with Crippen LogP contribution in [0.3, 0.4) is 0 Å². The summed E-state index contributed by atoms with van der Waals surface area (Å²) in [5.41, 5.74) is 7.05. The summed E-state index contributed by atoms with van der Waals surface area (Å²) in [7, 11) is 0. The van der Waals surface area contributed by atoms with Crippen LogP contribution in [0.2, 0.25) is 0 Å². The molecule has 0 radical (unpaired) electrons. The summed E-state index contributed by atoms with van der Waals surface area (Å²) in [4.78, 5) is 19.6. The molecule has 1 aliphatic heterocycles. The van der Waals surface area contributed by atoms with Gasteiger partial charge in [-0.05, 0) is 18.2 Å². The molecule has 3 rings (SSSR count). The molecule has 0 aromatic carbocycles. The number of rotatable bonds is 2. The zero-order valence-corrected chi connectivity index (χ0v) is 10.0. The Morgan fingerprint density at radius 1 is 1.42 bits per heavy atom. The molecule has 1 unspecified atom stereocenters. The van der Waals surface area contributed by atoms with Crippen LogP contribution in [0.15, 0.2) is 41.7 Å². The normalized spacial score (nSPS) is 18.5. The summed E-state index contributed by atoms with van der Waals surface area (Å²) in [6.07, 6.45) is 6.93. The molecule has 0 saturated carbocycles. The largest absolute Gasteiger partial charge is 0.506 e. The summed E-state index contributed by atoms with van der Waals surface area (Å²) in [6.45, 7) is 0.449. The lowest BCUT2D eigenvalue weighted by atomic mass is 10.0. The van der Waals surface area contributed by atoms with Crippen LogP contribution in [0, 0.1) is 0 Å². The SMILES string of the molecule is NC(=O)C1=NCC(c2cn3cc(O)ccc3n2)C=C1. The van der Waals surface area contributed by atoms with Gasteiger partial charge < -0.3 is 15.2 Å². The first kappa shape index (κ1) is 11.5. The number of aromatic hydroxyl groups is 1.